The first kappa shape index (κ1) is 19.0. The highest BCUT2D eigenvalue weighted by atomic mass is 16.6. The molecule has 108 valence electrons. The van der Waals surface area contributed by atoms with Gasteiger partial charge in [0.25, 0.3) is 0 Å². The largest absolute Gasteiger partial charge is 0.469 e. The summed E-state index contributed by atoms with van der Waals surface area (Å²) in [5, 5.41) is 8.37. The van der Waals surface area contributed by atoms with Gasteiger partial charge in [-0.15, -0.1) is 0 Å². The van der Waals surface area contributed by atoms with Crippen molar-refractivity contribution in [1.82, 2.24) is 0 Å². The third kappa shape index (κ3) is 20.2. The van der Waals surface area contributed by atoms with Crippen LogP contribution in [-0.2, 0) is 14.3 Å². The maximum absolute atomic E-state index is 10.5. The van der Waals surface area contributed by atoms with Gasteiger partial charge in [-0.2, -0.15) is 0 Å². The number of hydrogen-bond acceptors (Lipinski definition) is 5. The lowest BCUT2D eigenvalue weighted by Gasteiger charge is -2.16. The van der Waals surface area contributed by atoms with Crippen LogP contribution in [-0.4, -0.2) is 36.5 Å². The zero-order chi connectivity index (χ0) is 14.6. The van der Waals surface area contributed by atoms with Crippen LogP contribution in [0.5, 0.6) is 0 Å². The molecule has 0 aliphatic rings. The van der Waals surface area contributed by atoms with Crippen LogP contribution in [0, 0.1) is 0 Å². The number of aliphatic hydroxyl groups excluding tert-OH is 1. The summed E-state index contributed by atoms with van der Waals surface area (Å²) in [7, 11) is 1.38. The Labute approximate surface area is 108 Å². The summed E-state index contributed by atoms with van der Waals surface area (Å²) in [4.78, 5) is 20.5. The van der Waals surface area contributed by atoms with Gasteiger partial charge >= 0.3 is 12.1 Å². The molecule has 0 aromatic rings. The van der Waals surface area contributed by atoms with Crippen molar-refractivity contribution in [3.05, 3.63) is 0 Å². The van der Waals surface area contributed by atoms with Gasteiger partial charge in [-0.25, -0.2) is 4.79 Å². The lowest BCUT2D eigenvalue weighted by atomic mass is 10.2. The first-order valence-electron chi connectivity index (χ1n) is 5.89. The molecule has 0 atom stereocenters. The van der Waals surface area contributed by atoms with Crippen LogP contribution in [0.2, 0.25) is 0 Å². The van der Waals surface area contributed by atoms with Gasteiger partial charge in [-0.1, -0.05) is 6.42 Å². The highest BCUT2D eigenvalue weighted by Crippen LogP contribution is 2.04. The van der Waals surface area contributed by atoms with Crippen molar-refractivity contribution in [1.29, 1.82) is 0 Å². The van der Waals surface area contributed by atoms with Gasteiger partial charge in [0.1, 0.15) is 5.60 Å². The van der Waals surface area contributed by atoms with Gasteiger partial charge in [0.2, 0.25) is 0 Å². The lowest BCUT2D eigenvalue weighted by Crippen LogP contribution is -2.27. The summed E-state index contributed by atoms with van der Waals surface area (Å²) in [5.41, 5.74) is 4.26. The molecule has 0 radical (unpaired) electrons. The van der Waals surface area contributed by atoms with E-state index in [4.69, 9.17) is 10.8 Å². The second kappa shape index (κ2) is 10.8. The summed E-state index contributed by atoms with van der Waals surface area (Å²) >= 11 is 0. The van der Waals surface area contributed by atoms with Gasteiger partial charge in [-0.05, 0) is 33.6 Å². The van der Waals surface area contributed by atoms with Crippen molar-refractivity contribution < 1.29 is 24.2 Å². The van der Waals surface area contributed by atoms with E-state index in [-0.39, 0.29) is 12.6 Å². The molecule has 1 amide bonds. The van der Waals surface area contributed by atoms with Gasteiger partial charge in [0, 0.05) is 13.0 Å². The average Bonchev–Trinajstić information content (AvgIpc) is 2.21. The van der Waals surface area contributed by atoms with Crippen molar-refractivity contribution in [2.45, 2.75) is 52.1 Å². The molecule has 18 heavy (non-hydrogen) atoms. The molecular formula is C12H25NO5. The molecule has 0 spiro atoms. The van der Waals surface area contributed by atoms with Crippen LogP contribution in [0.25, 0.3) is 0 Å². The Morgan fingerprint density at radius 3 is 2.00 bits per heavy atom. The van der Waals surface area contributed by atoms with E-state index in [1.54, 1.807) is 20.8 Å². The molecule has 0 heterocycles. The normalized spacial score (nSPS) is 10.1. The van der Waals surface area contributed by atoms with Crippen LogP contribution in [0.4, 0.5) is 4.79 Å². The predicted molar refractivity (Wildman–Crippen MR) is 68.0 cm³/mol. The Bertz CT molecular complexity index is 235. The first-order chi connectivity index (χ1) is 8.22. The van der Waals surface area contributed by atoms with Gasteiger partial charge in [0.15, 0.2) is 0 Å². The fraction of sp³-hybridized carbons (Fsp3) is 0.833. The highest BCUT2D eigenvalue weighted by Gasteiger charge is 2.12. The number of rotatable bonds is 5. The minimum atomic E-state index is -0.725. The predicted octanol–water partition coefficient (Wildman–Crippen LogP) is 1.59. The Kier molecular flexibility index (Phi) is 11.5. The lowest BCUT2D eigenvalue weighted by molar-refractivity contribution is -0.140. The fourth-order valence-corrected chi connectivity index (χ4v) is 0.962. The highest BCUT2D eigenvalue weighted by molar-refractivity contribution is 5.68. The third-order valence-electron chi connectivity index (χ3n) is 1.67. The minimum Gasteiger partial charge on any atom is -0.469 e. The smallest absolute Gasteiger partial charge is 0.405 e. The maximum atomic E-state index is 10.5. The number of carbonyl (C=O) groups excluding carboxylic acids is 2. The maximum Gasteiger partial charge on any atom is 0.405 e. The van der Waals surface area contributed by atoms with E-state index in [0.29, 0.717) is 6.42 Å². The van der Waals surface area contributed by atoms with Crippen LogP contribution < -0.4 is 5.73 Å². The number of carbonyl (C=O) groups is 2. The molecule has 0 rings (SSSR count). The number of unbranched alkanes of at least 4 members (excludes halogenated alkanes) is 2. The number of hydrogen-bond donors (Lipinski definition) is 2. The SMILES string of the molecule is CC(C)(C)OC(N)=O.COC(=O)CCCCCO. The van der Waals surface area contributed by atoms with Crippen molar-refractivity contribution >= 4 is 12.1 Å². The van der Waals surface area contributed by atoms with E-state index >= 15 is 0 Å². The van der Waals surface area contributed by atoms with Crippen LogP contribution >= 0.6 is 0 Å². The molecule has 0 aliphatic heterocycles. The molecule has 0 saturated carbocycles. The molecule has 0 bridgehead atoms. The van der Waals surface area contributed by atoms with E-state index in [0.717, 1.165) is 19.3 Å². The van der Waals surface area contributed by atoms with Gasteiger partial charge < -0.3 is 20.3 Å². The molecule has 0 unspecified atom stereocenters. The Morgan fingerprint density at radius 1 is 1.17 bits per heavy atom. The number of primary amides is 1. The number of nitrogens with two attached hydrogens (primary N) is 1. The van der Waals surface area contributed by atoms with Gasteiger partial charge in [0.05, 0.1) is 7.11 Å². The van der Waals surface area contributed by atoms with Gasteiger partial charge in [-0.3, -0.25) is 4.79 Å². The standard InChI is InChI=1S/C7H14O3.C5H11NO2/c1-10-7(9)5-3-2-4-6-8;1-5(2,3)8-4(6)7/h8H,2-6H2,1H3;1-3H3,(H2,6,7). The Hall–Kier alpha value is -1.30. The molecule has 0 fully saturated rings. The minimum absolute atomic E-state index is 0.169. The molecule has 6 nitrogen and oxygen atoms in total. The number of aliphatic hydroxyl groups is 1. The summed E-state index contributed by atoms with van der Waals surface area (Å²) < 4.78 is 9.01. The average molecular weight is 263 g/mol. The van der Waals surface area contributed by atoms with E-state index in [1.807, 2.05) is 0 Å². The zero-order valence-corrected chi connectivity index (χ0v) is 11.7. The topological polar surface area (TPSA) is 98.9 Å². The van der Waals surface area contributed by atoms with Crippen LogP contribution in [0.3, 0.4) is 0 Å². The molecule has 3 N–H and O–H groups in total. The van der Waals surface area contributed by atoms with Crippen molar-refractivity contribution in [3.63, 3.8) is 0 Å². The summed E-state index contributed by atoms with van der Waals surface area (Å²) in [6.07, 6.45) is 2.23. The fourth-order valence-electron chi connectivity index (χ4n) is 0.962. The second-order valence-electron chi connectivity index (χ2n) is 4.64. The van der Waals surface area contributed by atoms with E-state index in [1.165, 1.54) is 7.11 Å². The number of methoxy groups -OCH3 is 1. The summed E-state index contributed by atoms with van der Waals surface area (Å²) in [5.74, 6) is -0.169. The van der Waals surface area contributed by atoms with Crippen LogP contribution in [0.15, 0.2) is 0 Å². The molecule has 6 heteroatoms. The quantitative estimate of drug-likeness (QED) is 0.579. The van der Waals surface area contributed by atoms with E-state index in [2.05, 4.69) is 9.47 Å². The number of amides is 1. The number of esters is 1. The Morgan fingerprint density at radius 2 is 1.72 bits per heavy atom. The first-order valence-corrected chi connectivity index (χ1v) is 5.89. The van der Waals surface area contributed by atoms with Crippen molar-refractivity contribution in [3.8, 4) is 0 Å². The monoisotopic (exact) mass is 263 g/mol. The summed E-state index contributed by atoms with van der Waals surface area (Å²) in [6, 6.07) is 0. The van der Waals surface area contributed by atoms with Crippen molar-refractivity contribution in [2.75, 3.05) is 13.7 Å². The molecular weight excluding hydrogens is 238 g/mol. The number of ether oxygens (including phenoxy) is 2. The van der Waals surface area contributed by atoms with Crippen molar-refractivity contribution in [2.24, 2.45) is 5.73 Å². The molecule has 0 aromatic carbocycles. The zero-order valence-electron chi connectivity index (χ0n) is 11.7. The van der Waals surface area contributed by atoms with E-state index < -0.39 is 11.7 Å². The molecule has 0 saturated heterocycles. The summed E-state index contributed by atoms with van der Waals surface area (Å²) in [6.45, 7) is 5.49. The van der Waals surface area contributed by atoms with E-state index in [9.17, 15) is 9.59 Å². The molecule has 0 aromatic heterocycles. The third-order valence-corrected chi connectivity index (χ3v) is 1.67. The Balaban J connectivity index is 0. The molecule has 0 aliphatic carbocycles. The van der Waals surface area contributed by atoms with Crippen LogP contribution in [0.1, 0.15) is 46.5 Å². The second-order valence-corrected chi connectivity index (χ2v) is 4.64.